The molecule has 35 heavy (non-hydrogen) atoms. The number of fused-ring (bicyclic) bond motifs is 2. The summed E-state index contributed by atoms with van der Waals surface area (Å²) < 4.78 is 7.39. The van der Waals surface area contributed by atoms with E-state index in [2.05, 4.69) is 10.3 Å². The highest BCUT2D eigenvalue weighted by molar-refractivity contribution is 5.87. The second kappa shape index (κ2) is 10.2. The summed E-state index contributed by atoms with van der Waals surface area (Å²) >= 11 is 0. The maximum absolute atomic E-state index is 13.3. The Morgan fingerprint density at radius 3 is 2.51 bits per heavy atom. The van der Waals surface area contributed by atoms with Gasteiger partial charge in [-0.3, -0.25) is 9.59 Å². The molecule has 1 saturated carbocycles. The Bertz CT molecular complexity index is 900. The number of rotatable bonds is 7. The van der Waals surface area contributed by atoms with E-state index in [0.717, 1.165) is 25.8 Å². The second-order valence-corrected chi connectivity index (χ2v) is 11.4. The van der Waals surface area contributed by atoms with Crippen LogP contribution in [-0.2, 0) is 20.9 Å². The molecule has 3 unspecified atom stereocenters. The van der Waals surface area contributed by atoms with Crippen molar-refractivity contribution in [1.82, 2.24) is 24.7 Å². The molecule has 3 fully saturated rings. The van der Waals surface area contributed by atoms with E-state index < -0.39 is 17.3 Å². The molecule has 3 heterocycles. The average molecular weight is 490 g/mol. The fraction of sp³-hybridized carbons (Fsp3) is 0.760. The molecule has 2 aliphatic heterocycles. The lowest BCUT2D eigenvalue weighted by molar-refractivity contribution is -0.153. The molecule has 2 bridgehead atoms. The topological polar surface area (TPSA) is 117 Å². The van der Waals surface area contributed by atoms with Crippen LogP contribution in [0, 0.1) is 17.8 Å². The Morgan fingerprint density at radius 1 is 1.17 bits per heavy atom. The normalized spacial score (nSPS) is 28.3. The molecule has 2 N–H and O–H groups in total. The van der Waals surface area contributed by atoms with E-state index in [9.17, 15) is 19.5 Å². The molecule has 1 aromatic heterocycles. The van der Waals surface area contributed by atoms with Crippen LogP contribution in [0.3, 0.4) is 0 Å². The standard InChI is InChI=1S/C25H39N5O5/c1-24(2,3)35-23(33)29-11-7-25(34,16-29)22(32)30-14-18-5-6-19(15-30)20(18)13-21(31)27-8-4-10-28-12-9-26-17-28/h9,12,17-20,34H,4-8,10-11,13-16H2,1-3H3,(H,27,31). The third-order valence-corrected chi connectivity index (χ3v) is 7.51. The number of likely N-dealkylation sites (tertiary alicyclic amines) is 2. The second-order valence-electron chi connectivity index (χ2n) is 11.4. The van der Waals surface area contributed by atoms with Crippen molar-refractivity contribution in [3.8, 4) is 0 Å². The van der Waals surface area contributed by atoms with Gasteiger partial charge >= 0.3 is 6.09 Å². The highest BCUT2D eigenvalue weighted by Gasteiger charge is 2.51. The SMILES string of the molecule is CC(C)(C)OC(=O)N1CCC(O)(C(=O)N2CC3CCC(C2)C3CC(=O)NCCCn2ccnc2)C1. The van der Waals surface area contributed by atoms with Gasteiger partial charge in [-0.1, -0.05) is 0 Å². The first-order valence-corrected chi connectivity index (χ1v) is 12.8. The van der Waals surface area contributed by atoms with Crippen LogP contribution >= 0.6 is 0 Å². The number of carbonyl (C=O) groups is 3. The molecule has 1 aliphatic carbocycles. The Kier molecular flexibility index (Phi) is 7.40. The van der Waals surface area contributed by atoms with Gasteiger partial charge in [-0.05, 0) is 57.8 Å². The van der Waals surface area contributed by atoms with Crippen LogP contribution in [0.4, 0.5) is 4.79 Å². The van der Waals surface area contributed by atoms with Gasteiger partial charge in [-0.15, -0.1) is 0 Å². The van der Waals surface area contributed by atoms with Crippen molar-refractivity contribution in [1.29, 1.82) is 0 Å². The highest BCUT2D eigenvalue weighted by Crippen LogP contribution is 2.44. The number of hydrogen-bond acceptors (Lipinski definition) is 6. The van der Waals surface area contributed by atoms with Crippen molar-refractivity contribution in [2.45, 2.75) is 70.6 Å². The van der Waals surface area contributed by atoms with Gasteiger partial charge in [0, 0.05) is 58.0 Å². The third kappa shape index (κ3) is 6.15. The quantitative estimate of drug-likeness (QED) is 0.563. The van der Waals surface area contributed by atoms with Crippen LogP contribution in [0.1, 0.15) is 52.9 Å². The average Bonchev–Trinajstić information content (AvgIpc) is 3.49. The summed E-state index contributed by atoms with van der Waals surface area (Å²) in [7, 11) is 0. The molecule has 4 rings (SSSR count). The molecule has 0 spiro atoms. The van der Waals surface area contributed by atoms with Crippen LogP contribution in [0.15, 0.2) is 18.7 Å². The number of carbonyl (C=O) groups excluding carboxylic acids is 3. The molecular formula is C25H39N5O5. The van der Waals surface area contributed by atoms with E-state index in [4.69, 9.17) is 4.74 Å². The lowest BCUT2D eigenvalue weighted by Crippen LogP contribution is -2.55. The monoisotopic (exact) mass is 489 g/mol. The predicted molar refractivity (Wildman–Crippen MR) is 128 cm³/mol. The molecule has 2 saturated heterocycles. The zero-order chi connectivity index (χ0) is 25.2. The van der Waals surface area contributed by atoms with E-state index in [1.165, 1.54) is 4.90 Å². The fourth-order valence-corrected chi connectivity index (χ4v) is 5.77. The molecule has 194 valence electrons. The first kappa shape index (κ1) is 25.5. The highest BCUT2D eigenvalue weighted by atomic mass is 16.6. The Morgan fingerprint density at radius 2 is 1.89 bits per heavy atom. The van der Waals surface area contributed by atoms with Crippen LogP contribution in [-0.4, -0.2) is 86.3 Å². The molecule has 1 aromatic rings. The number of aliphatic hydroxyl groups is 1. The predicted octanol–water partition coefficient (Wildman–Crippen LogP) is 1.64. The molecule has 0 radical (unpaired) electrons. The van der Waals surface area contributed by atoms with Crippen LogP contribution < -0.4 is 5.32 Å². The van der Waals surface area contributed by atoms with E-state index in [1.807, 2.05) is 10.8 Å². The van der Waals surface area contributed by atoms with Crippen LogP contribution in [0.2, 0.25) is 0 Å². The summed E-state index contributed by atoms with van der Waals surface area (Å²) in [6.07, 6.45) is 8.45. The van der Waals surface area contributed by atoms with E-state index in [-0.39, 0.29) is 42.5 Å². The summed E-state index contributed by atoms with van der Waals surface area (Å²) in [4.78, 5) is 45.5. The van der Waals surface area contributed by atoms with Crippen LogP contribution in [0.5, 0.6) is 0 Å². The Balaban J connectivity index is 1.24. The Hall–Kier alpha value is -2.62. The number of piperidine rings is 1. The number of nitrogens with one attached hydrogen (secondary N) is 1. The number of β-amino-alcohol motifs (C(OH)–C–C–N with tert-alkyl or cyclic N) is 1. The number of nitrogens with zero attached hydrogens (tertiary/aromatic N) is 4. The number of imidazole rings is 1. The van der Waals surface area contributed by atoms with Gasteiger partial charge in [-0.25, -0.2) is 9.78 Å². The number of aromatic nitrogens is 2. The molecule has 3 amide bonds. The van der Waals surface area contributed by atoms with Crippen molar-refractivity contribution in [2.75, 3.05) is 32.7 Å². The lowest BCUT2D eigenvalue weighted by Gasteiger charge is -2.40. The summed E-state index contributed by atoms with van der Waals surface area (Å²) in [5.41, 5.74) is -2.20. The summed E-state index contributed by atoms with van der Waals surface area (Å²) in [5.74, 6) is 0.564. The maximum Gasteiger partial charge on any atom is 0.410 e. The van der Waals surface area contributed by atoms with E-state index >= 15 is 0 Å². The van der Waals surface area contributed by atoms with Crippen molar-refractivity contribution in [3.05, 3.63) is 18.7 Å². The van der Waals surface area contributed by atoms with Crippen molar-refractivity contribution in [3.63, 3.8) is 0 Å². The van der Waals surface area contributed by atoms with Gasteiger partial charge in [0.05, 0.1) is 12.9 Å². The maximum atomic E-state index is 13.3. The molecule has 10 nitrogen and oxygen atoms in total. The number of amides is 3. The molecule has 3 aliphatic rings. The lowest BCUT2D eigenvalue weighted by atomic mass is 9.81. The van der Waals surface area contributed by atoms with Crippen LogP contribution in [0.25, 0.3) is 0 Å². The summed E-state index contributed by atoms with van der Waals surface area (Å²) in [5, 5.41) is 14.1. The van der Waals surface area contributed by atoms with Crippen molar-refractivity contribution < 1.29 is 24.2 Å². The minimum absolute atomic E-state index is 0.0442. The number of hydrogen-bond donors (Lipinski definition) is 2. The first-order valence-electron chi connectivity index (χ1n) is 12.8. The van der Waals surface area contributed by atoms with Gasteiger partial charge in [0.25, 0.3) is 5.91 Å². The van der Waals surface area contributed by atoms with Crippen molar-refractivity contribution in [2.24, 2.45) is 17.8 Å². The molecule has 0 aromatic carbocycles. The molecule has 3 atom stereocenters. The molecular weight excluding hydrogens is 450 g/mol. The number of aryl methyl sites for hydroxylation is 1. The van der Waals surface area contributed by atoms with Gasteiger partial charge in [-0.2, -0.15) is 0 Å². The van der Waals surface area contributed by atoms with Crippen molar-refractivity contribution >= 4 is 17.9 Å². The van der Waals surface area contributed by atoms with Gasteiger partial charge in [0.15, 0.2) is 5.60 Å². The first-order chi connectivity index (χ1) is 16.5. The van der Waals surface area contributed by atoms with E-state index in [0.29, 0.717) is 32.6 Å². The van der Waals surface area contributed by atoms with Gasteiger partial charge in [0.1, 0.15) is 5.60 Å². The summed E-state index contributed by atoms with van der Waals surface area (Å²) in [6, 6.07) is 0. The van der Waals surface area contributed by atoms with Gasteiger partial charge in [0.2, 0.25) is 5.91 Å². The smallest absolute Gasteiger partial charge is 0.410 e. The molecule has 10 heteroatoms. The third-order valence-electron chi connectivity index (χ3n) is 7.51. The minimum Gasteiger partial charge on any atom is -0.444 e. The summed E-state index contributed by atoms with van der Waals surface area (Å²) in [6.45, 7) is 8.19. The zero-order valence-corrected chi connectivity index (χ0v) is 21.1. The number of ether oxygens (including phenoxy) is 1. The zero-order valence-electron chi connectivity index (χ0n) is 21.1. The minimum atomic E-state index is -1.57. The Labute approximate surface area is 207 Å². The fourth-order valence-electron chi connectivity index (χ4n) is 5.77. The van der Waals surface area contributed by atoms with E-state index in [1.54, 1.807) is 38.2 Å². The van der Waals surface area contributed by atoms with Gasteiger partial charge < -0.3 is 29.5 Å². The largest absolute Gasteiger partial charge is 0.444 e.